The van der Waals surface area contributed by atoms with Gasteiger partial charge in [0.05, 0.1) is 11.1 Å². The number of alkyl halides is 6. The van der Waals surface area contributed by atoms with Crippen LogP contribution in [-0.2, 0) is 12.4 Å². The molecule has 0 unspecified atom stereocenters. The highest BCUT2D eigenvalue weighted by atomic mass is 19.4. The Hall–Kier alpha value is -1.20. The lowest BCUT2D eigenvalue weighted by molar-refractivity contribution is -0.143. The van der Waals surface area contributed by atoms with Gasteiger partial charge in [-0.2, -0.15) is 26.3 Å². The van der Waals surface area contributed by atoms with Crippen LogP contribution in [0.25, 0.3) is 0 Å². The average Bonchev–Trinajstić information content (AvgIpc) is 2.01. The average molecular weight is 212 g/mol. The van der Waals surface area contributed by atoms with Gasteiger partial charge in [-0.3, -0.25) is 0 Å². The summed E-state index contributed by atoms with van der Waals surface area (Å²) in [6.45, 7) is 0. The molecule has 0 aliphatic heterocycles. The topological polar surface area (TPSA) is 0 Å². The molecule has 0 saturated carbocycles. The highest BCUT2D eigenvalue weighted by Gasteiger charge is 2.36. The van der Waals surface area contributed by atoms with E-state index < -0.39 is 23.5 Å². The van der Waals surface area contributed by atoms with Crippen molar-refractivity contribution in [2.75, 3.05) is 0 Å². The quantitative estimate of drug-likeness (QED) is 0.578. The Kier molecular flexibility index (Phi) is 2.47. The van der Waals surface area contributed by atoms with E-state index in [1.54, 1.807) is 12.1 Å². The Morgan fingerprint density at radius 3 is 1.93 bits per heavy atom. The SMILES string of the molecule is FC(F)(F)c1[c][c]cc(C(F)(F)F)c1. The van der Waals surface area contributed by atoms with E-state index in [0.717, 1.165) is 0 Å². The molecule has 2 radical (unpaired) electrons. The number of hydrogen-bond acceptors (Lipinski definition) is 0. The van der Waals surface area contributed by atoms with E-state index in [9.17, 15) is 26.3 Å². The van der Waals surface area contributed by atoms with Crippen LogP contribution in [-0.4, -0.2) is 0 Å². The molecule has 0 N–H and O–H groups in total. The fourth-order valence-electron chi connectivity index (χ4n) is 0.741. The van der Waals surface area contributed by atoms with Gasteiger partial charge in [-0.1, -0.05) is 0 Å². The number of rotatable bonds is 0. The molecular weight excluding hydrogens is 210 g/mol. The number of halogens is 6. The Labute approximate surface area is 75.2 Å². The van der Waals surface area contributed by atoms with Crippen LogP contribution < -0.4 is 0 Å². The van der Waals surface area contributed by atoms with E-state index in [-0.39, 0.29) is 6.07 Å². The number of hydrogen-bond donors (Lipinski definition) is 0. The molecule has 0 aliphatic rings. The Balaban J connectivity index is 3.15. The van der Waals surface area contributed by atoms with Gasteiger partial charge in [0.2, 0.25) is 0 Å². The summed E-state index contributed by atoms with van der Waals surface area (Å²) in [6, 6.07) is 3.66. The van der Waals surface area contributed by atoms with Crippen LogP contribution in [0, 0.1) is 12.1 Å². The van der Waals surface area contributed by atoms with Crippen LogP contribution in [0.2, 0.25) is 0 Å². The van der Waals surface area contributed by atoms with Crippen molar-refractivity contribution < 1.29 is 26.3 Å². The molecule has 1 aromatic carbocycles. The second-order valence-corrected chi connectivity index (χ2v) is 2.42. The summed E-state index contributed by atoms with van der Waals surface area (Å²) in [5.41, 5.74) is -2.86. The second kappa shape index (κ2) is 3.18. The van der Waals surface area contributed by atoms with E-state index in [0.29, 0.717) is 6.07 Å². The van der Waals surface area contributed by atoms with E-state index in [1.807, 2.05) is 0 Å². The van der Waals surface area contributed by atoms with Crippen molar-refractivity contribution in [3.8, 4) is 0 Å². The molecule has 1 aromatic rings. The van der Waals surface area contributed by atoms with Crippen LogP contribution in [0.1, 0.15) is 11.1 Å². The van der Waals surface area contributed by atoms with Gasteiger partial charge in [-0.15, -0.1) is 0 Å². The van der Waals surface area contributed by atoms with Gasteiger partial charge >= 0.3 is 12.4 Å². The highest BCUT2D eigenvalue weighted by molar-refractivity contribution is 5.25. The first kappa shape index (κ1) is 10.9. The van der Waals surface area contributed by atoms with Crippen molar-refractivity contribution >= 4 is 0 Å². The minimum atomic E-state index is -4.84. The number of benzene rings is 1. The molecule has 1 rings (SSSR count). The predicted molar refractivity (Wildman–Crippen MR) is 34.1 cm³/mol. The van der Waals surface area contributed by atoms with Gasteiger partial charge < -0.3 is 0 Å². The standard InChI is InChI=1S/C8H2F6/c9-7(10,11)5-2-1-3-6(4-5)8(12,13)14/h2,4H. The molecule has 0 amide bonds. The molecule has 0 spiro atoms. The van der Waals surface area contributed by atoms with Crippen molar-refractivity contribution in [1.29, 1.82) is 0 Å². The van der Waals surface area contributed by atoms with Gasteiger partial charge in [-0.25, -0.2) is 0 Å². The Morgan fingerprint density at radius 1 is 0.929 bits per heavy atom. The maximum Gasteiger partial charge on any atom is 0.417 e. The first-order valence-corrected chi connectivity index (χ1v) is 3.29. The molecular formula is C8H2F6. The minimum absolute atomic E-state index is 0.00347. The molecule has 14 heavy (non-hydrogen) atoms. The van der Waals surface area contributed by atoms with Crippen LogP contribution in [0.5, 0.6) is 0 Å². The van der Waals surface area contributed by atoms with Gasteiger partial charge in [0.15, 0.2) is 0 Å². The van der Waals surface area contributed by atoms with Crippen LogP contribution in [0.3, 0.4) is 0 Å². The van der Waals surface area contributed by atoms with Gasteiger partial charge in [0.1, 0.15) is 0 Å². The third kappa shape index (κ3) is 2.40. The summed E-state index contributed by atoms with van der Waals surface area (Å²) in [4.78, 5) is 0. The summed E-state index contributed by atoms with van der Waals surface area (Å²) >= 11 is 0. The smallest absolute Gasteiger partial charge is 0.166 e. The maximum atomic E-state index is 12.0. The third-order valence-corrected chi connectivity index (χ3v) is 1.37. The van der Waals surface area contributed by atoms with Crippen molar-refractivity contribution in [1.82, 2.24) is 0 Å². The molecule has 6 heteroatoms. The van der Waals surface area contributed by atoms with Crippen LogP contribution >= 0.6 is 0 Å². The fourth-order valence-corrected chi connectivity index (χ4v) is 0.741. The molecule has 0 aromatic heterocycles. The lowest BCUT2D eigenvalue weighted by atomic mass is 10.1. The van der Waals surface area contributed by atoms with Crippen molar-refractivity contribution in [2.24, 2.45) is 0 Å². The van der Waals surface area contributed by atoms with Gasteiger partial charge in [0.25, 0.3) is 0 Å². The van der Waals surface area contributed by atoms with E-state index in [2.05, 4.69) is 0 Å². The molecule has 0 atom stereocenters. The molecule has 0 aliphatic carbocycles. The molecule has 0 fully saturated rings. The normalized spacial score (nSPS) is 13.0. The van der Waals surface area contributed by atoms with Crippen LogP contribution in [0.4, 0.5) is 26.3 Å². The summed E-state index contributed by atoms with van der Waals surface area (Å²) in [7, 11) is 0. The summed E-state index contributed by atoms with van der Waals surface area (Å²) < 4.78 is 71.7. The second-order valence-electron chi connectivity index (χ2n) is 2.42. The molecule has 76 valence electrons. The lowest BCUT2D eigenvalue weighted by Crippen LogP contribution is -2.10. The zero-order chi connectivity index (χ0) is 11.0. The van der Waals surface area contributed by atoms with Gasteiger partial charge in [0, 0.05) is 6.07 Å². The molecule has 0 bridgehead atoms. The van der Waals surface area contributed by atoms with E-state index in [1.165, 1.54) is 0 Å². The van der Waals surface area contributed by atoms with E-state index in [4.69, 9.17) is 0 Å². The zero-order valence-corrected chi connectivity index (χ0v) is 6.42. The Bertz CT molecular complexity index is 292. The highest BCUT2D eigenvalue weighted by Crippen LogP contribution is 2.34. The molecule has 0 heterocycles. The third-order valence-electron chi connectivity index (χ3n) is 1.37. The summed E-state index contributed by atoms with van der Waals surface area (Å²) in [5, 5.41) is 0. The van der Waals surface area contributed by atoms with Crippen molar-refractivity contribution in [3.63, 3.8) is 0 Å². The first-order valence-electron chi connectivity index (χ1n) is 3.29. The Morgan fingerprint density at radius 2 is 1.50 bits per heavy atom. The van der Waals surface area contributed by atoms with Crippen LogP contribution in [0.15, 0.2) is 12.1 Å². The fraction of sp³-hybridized carbons (Fsp3) is 0.250. The zero-order valence-electron chi connectivity index (χ0n) is 6.42. The minimum Gasteiger partial charge on any atom is -0.166 e. The predicted octanol–water partition coefficient (Wildman–Crippen LogP) is 3.32. The summed E-state index contributed by atoms with van der Waals surface area (Å²) in [6.07, 6.45) is -9.64. The van der Waals surface area contributed by atoms with Crippen molar-refractivity contribution in [3.05, 3.63) is 35.4 Å². The summed E-state index contributed by atoms with van der Waals surface area (Å²) in [5.74, 6) is 0. The largest absolute Gasteiger partial charge is 0.417 e. The molecule has 0 nitrogen and oxygen atoms in total. The monoisotopic (exact) mass is 212 g/mol. The van der Waals surface area contributed by atoms with E-state index >= 15 is 0 Å². The molecule has 0 saturated heterocycles. The van der Waals surface area contributed by atoms with Crippen molar-refractivity contribution in [2.45, 2.75) is 12.4 Å². The lowest BCUT2D eigenvalue weighted by Gasteiger charge is -2.09. The maximum absolute atomic E-state index is 12.0. The first-order chi connectivity index (χ1) is 6.21. The van der Waals surface area contributed by atoms with Gasteiger partial charge in [-0.05, 0) is 18.2 Å².